The van der Waals surface area contributed by atoms with Crippen molar-refractivity contribution in [3.63, 3.8) is 0 Å². The number of halogens is 1. The van der Waals surface area contributed by atoms with Gasteiger partial charge in [0, 0.05) is 18.2 Å². The van der Waals surface area contributed by atoms with Crippen LogP contribution >= 0.6 is 0 Å². The van der Waals surface area contributed by atoms with Crippen LogP contribution in [0.2, 0.25) is 0 Å². The number of nitrogens with two attached hydrogens (primary N) is 1. The van der Waals surface area contributed by atoms with Gasteiger partial charge in [-0.05, 0) is 43.5 Å². The zero-order valence-electron chi connectivity index (χ0n) is 10.3. The van der Waals surface area contributed by atoms with Crippen molar-refractivity contribution < 1.29 is 9.18 Å². The van der Waals surface area contributed by atoms with Crippen LogP contribution in [0.3, 0.4) is 0 Å². The first kappa shape index (κ1) is 13.6. The molecule has 1 rings (SSSR count). The maximum atomic E-state index is 12.9. The van der Waals surface area contributed by atoms with E-state index in [-0.39, 0.29) is 17.8 Å². The first-order valence-corrected chi connectivity index (χ1v) is 5.84. The highest BCUT2D eigenvalue weighted by atomic mass is 19.1. The molecular weight excluding hydrogens is 219 g/mol. The van der Waals surface area contributed by atoms with Gasteiger partial charge in [0.2, 0.25) is 0 Å². The molecule has 0 aliphatic heterocycles. The van der Waals surface area contributed by atoms with E-state index in [1.54, 1.807) is 6.92 Å². The van der Waals surface area contributed by atoms with Gasteiger partial charge in [0.1, 0.15) is 5.82 Å². The molecular formula is C13H19FN2O. The van der Waals surface area contributed by atoms with Crippen LogP contribution in [0, 0.1) is 12.7 Å². The van der Waals surface area contributed by atoms with E-state index >= 15 is 0 Å². The zero-order valence-corrected chi connectivity index (χ0v) is 10.3. The fourth-order valence-corrected chi connectivity index (χ4v) is 1.55. The molecule has 0 aromatic heterocycles. The molecule has 0 spiro atoms. The molecule has 1 unspecified atom stereocenters. The molecule has 4 heteroatoms. The quantitative estimate of drug-likeness (QED) is 0.824. The van der Waals surface area contributed by atoms with Crippen molar-refractivity contribution >= 4 is 5.91 Å². The number of benzene rings is 1. The Labute approximate surface area is 101 Å². The summed E-state index contributed by atoms with van der Waals surface area (Å²) in [6.07, 6.45) is 1.65. The maximum Gasteiger partial charge on any atom is 0.251 e. The summed E-state index contributed by atoms with van der Waals surface area (Å²) in [5.74, 6) is -0.502. The van der Waals surface area contributed by atoms with E-state index in [9.17, 15) is 9.18 Å². The number of rotatable bonds is 5. The van der Waals surface area contributed by atoms with E-state index in [1.807, 2.05) is 6.92 Å². The average Bonchev–Trinajstić information content (AvgIpc) is 2.28. The van der Waals surface area contributed by atoms with Crippen LogP contribution in [0.5, 0.6) is 0 Å². The van der Waals surface area contributed by atoms with E-state index in [2.05, 4.69) is 5.32 Å². The number of amides is 1. The molecule has 0 radical (unpaired) electrons. The molecule has 0 bridgehead atoms. The SMILES string of the molecule is CCC(N)CCNC(=O)c1ccc(F)cc1C. The number of hydrogen-bond acceptors (Lipinski definition) is 2. The van der Waals surface area contributed by atoms with Crippen molar-refractivity contribution in [3.8, 4) is 0 Å². The van der Waals surface area contributed by atoms with E-state index in [4.69, 9.17) is 5.73 Å². The largest absolute Gasteiger partial charge is 0.352 e. The fraction of sp³-hybridized carbons (Fsp3) is 0.462. The zero-order chi connectivity index (χ0) is 12.8. The molecule has 0 heterocycles. The second kappa shape index (κ2) is 6.35. The summed E-state index contributed by atoms with van der Waals surface area (Å²) < 4.78 is 12.9. The summed E-state index contributed by atoms with van der Waals surface area (Å²) in [5, 5.41) is 2.78. The summed E-state index contributed by atoms with van der Waals surface area (Å²) in [5.41, 5.74) is 6.90. The average molecular weight is 238 g/mol. The Morgan fingerprint density at radius 1 is 1.53 bits per heavy atom. The van der Waals surface area contributed by atoms with Crippen molar-refractivity contribution in [2.24, 2.45) is 5.73 Å². The standard InChI is InChI=1S/C13H19FN2O/c1-3-11(15)6-7-16-13(17)12-5-4-10(14)8-9(12)2/h4-5,8,11H,3,6-7,15H2,1-2H3,(H,16,17). The van der Waals surface area contributed by atoms with Gasteiger partial charge in [0.25, 0.3) is 5.91 Å². The molecule has 3 N–H and O–H groups in total. The number of nitrogens with one attached hydrogen (secondary N) is 1. The molecule has 94 valence electrons. The van der Waals surface area contributed by atoms with Gasteiger partial charge in [-0.15, -0.1) is 0 Å². The number of carbonyl (C=O) groups excluding carboxylic acids is 1. The molecule has 1 aromatic carbocycles. The van der Waals surface area contributed by atoms with Gasteiger partial charge in [-0.3, -0.25) is 4.79 Å². The highest BCUT2D eigenvalue weighted by molar-refractivity contribution is 5.95. The van der Waals surface area contributed by atoms with Gasteiger partial charge in [-0.1, -0.05) is 6.92 Å². The van der Waals surface area contributed by atoms with Gasteiger partial charge in [0.15, 0.2) is 0 Å². The van der Waals surface area contributed by atoms with Crippen LogP contribution in [0.25, 0.3) is 0 Å². The predicted molar refractivity (Wildman–Crippen MR) is 66.4 cm³/mol. The van der Waals surface area contributed by atoms with Gasteiger partial charge in [0.05, 0.1) is 0 Å². The third-order valence-corrected chi connectivity index (χ3v) is 2.76. The molecule has 17 heavy (non-hydrogen) atoms. The highest BCUT2D eigenvalue weighted by Gasteiger charge is 2.09. The van der Waals surface area contributed by atoms with Crippen molar-refractivity contribution in [2.75, 3.05) is 6.54 Å². The minimum absolute atomic E-state index is 0.115. The maximum absolute atomic E-state index is 12.9. The minimum Gasteiger partial charge on any atom is -0.352 e. The molecule has 1 atom stereocenters. The predicted octanol–water partition coefficient (Wildman–Crippen LogP) is 1.99. The lowest BCUT2D eigenvalue weighted by Gasteiger charge is -2.10. The van der Waals surface area contributed by atoms with Crippen LogP contribution in [0.4, 0.5) is 4.39 Å². The molecule has 0 aliphatic carbocycles. The summed E-state index contributed by atoms with van der Waals surface area (Å²) in [6, 6.07) is 4.26. The molecule has 0 aliphatic rings. The Kier molecular flexibility index (Phi) is 5.10. The second-order valence-electron chi connectivity index (χ2n) is 4.17. The van der Waals surface area contributed by atoms with Gasteiger partial charge in [-0.2, -0.15) is 0 Å². The van der Waals surface area contributed by atoms with Crippen LogP contribution in [0.15, 0.2) is 18.2 Å². The topological polar surface area (TPSA) is 55.1 Å². The molecule has 1 aromatic rings. The van der Waals surface area contributed by atoms with E-state index in [0.29, 0.717) is 17.7 Å². The fourth-order valence-electron chi connectivity index (χ4n) is 1.55. The van der Waals surface area contributed by atoms with Gasteiger partial charge >= 0.3 is 0 Å². The third-order valence-electron chi connectivity index (χ3n) is 2.76. The molecule has 3 nitrogen and oxygen atoms in total. The minimum atomic E-state index is -0.327. The number of aryl methyl sites for hydroxylation is 1. The summed E-state index contributed by atoms with van der Waals surface area (Å²) >= 11 is 0. The van der Waals surface area contributed by atoms with Crippen molar-refractivity contribution in [3.05, 3.63) is 35.1 Å². The first-order valence-electron chi connectivity index (χ1n) is 5.84. The number of hydrogen-bond donors (Lipinski definition) is 2. The molecule has 0 saturated carbocycles. The van der Waals surface area contributed by atoms with Crippen molar-refractivity contribution in [1.29, 1.82) is 0 Å². The summed E-state index contributed by atoms with van der Waals surface area (Å²) in [4.78, 5) is 11.8. The van der Waals surface area contributed by atoms with Crippen LogP contribution < -0.4 is 11.1 Å². The van der Waals surface area contributed by atoms with Crippen molar-refractivity contribution in [2.45, 2.75) is 32.7 Å². The first-order chi connectivity index (χ1) is 8.04. The number of carbonyl (C=O) groups is 1. The Hall–Kier alpha value is -1.42. The Morgan fingerprint density at radius 3 is 2.82 bits per heavy atom. The van der Waals surface area contributed by atoms with E-state index in [0.717, 1.165) is 12.8 Å². The normalized spacial score (nSPS) is 12.2. The lowest BCUT2D eigenvalue weighted by Crippen LogP contribution is -2.30. The van der Waals surface area contributed by atoms with E-state index < -0.39 is 0 Å². The van der Waals surface area contributed by atoms with Gasteiger partial charge < -0.3 is 11.1 Å². The van der Waals surface area contributed by atoms with Crippen molar-refractivity contribution in [1.82, 2.24) is 5.32 Å². The Bertz CT molecular complexity index is 393. The molecule has 0 saturated heterocycles. The highest BCUT2D eigenvalue weighted by Crippen LogP contribution is 2.09. The summed E-state index contributed by atoms with van der Waals surface area (Å²) in [7, 11) is 0. The lowest BCUT2D eigenvalue weighted by molar-refractivity contribution is 0.0952. The third kappa shape index (κ3) is 4.15. The monoisotopic (exact) mass is 238 g/mol. The Balaban J connectivity index is 2.52. The second-order valence-corrected chi connectivity index (χ2v) is 4.17. The lowest BCUT2D eigenvalue weighted by atomic mass is 10.1. The Morgan fingerprint density at radius 2 is 2.24 bits per heavy atom. The molecule has 0 fully saturated rings. The van der Waals surface area contributed by atoms with Crippen LogP contribution in [-0.4, -0.2) is 18.5 Å². The van der Waals surface area contributed by atoms with E-state index in [1.165, 1.54) is 18.2 Å². The molecule has 1 amide bonds. The smallest absolute Gasteiger partial charge is 0.251 e. The summed E-state index contributed by atoms with van der Waals surface area (Å²) in [6.45, 7) is 4.27. The van der Waals surface area contributed by atoms with Gasteiger partial charge in [-0.25, -0.2) is 4.39 Å². The van der Waals surface area contributed by atoms with Crippen LogP contribution in [-0.2, 0) is 0 Å². The van der Waals surface area contributed by atoms with Crippen LogP contribution in [0.1, 0.15) is 35.7 Å².